The van der Waals surface area contributed by atoms with Gasteiger partial charge in [0, 0.05) is 28.8 Å². The Balaban J connectivity index is 1.49. The lowest BCUT2D eigenvalue weighted by Crippen LogP contribution is -2.24. The van der Waals surface area contributed by atoms with Gasteiger partial charge in [-0.3, -0.25) is 0 Å². The normalized spacial score (nSPS) is 16.7. The van der Waals surface area contributed by atoms with E-state index in [-0.39, 0.29) is 11.8 Å². The van der Waals surface area contributed by atoms with Crippen LogP contribution in [-0.4, -0.2) is 24.0 Å². The zero-order valence-corrected chi connectivity index (χ0v) is 11.9. The van der Waals surface area contributed by atoms with Crippen molar-refractivity contribution < 1.29 is 9.84 Å². The number of phenolic OH excluding ortho intramolecular Hbond substituents is 1. The Morgan fingerprint density at radius 3 is 2.90 bits per heavy atom. The average molecular weight is 287 g/mol. The molecule has 1 aliphatic heterocycles. The lowest BCUT2D eigenvalue weighted by Gasteiger charge is -2.11. The maximum atomic E-state index is 9.42. The van der Waals surface area contributed by atoms with E-state index in [2.05, 4.69) is 29.6 Å². The molecule has 2 N–H and O–H groups in total. The molecule has 104 valence electrons. The van der Waals surface area contributed by atoms with Crippen LogP contribution in [0.1, 0.15) is 11.6 Å². The van der Waals surface area contributed by atoms with Gasteiger partial charge in [-0.2, -0.15) is 0 Å². The summed E-state index contributed by atoms with van der Waals surface area (Å²) in [4.78, 5) is 1.29. The molecule has 3 rings (SSSR count). The van der Waals surface area contributed by atoms with Gasteiger partial charge in [0.05, 0.1) is 6.04 Å². The highest BCUT2D eigenvalue weighted by molar-refractivity contribution is 7.99. The second-order valence-corrected chi connectivity index (χ2v) is 5.87. The summed E-state index contributed by atoms with van der Waals surface area (Å²) in [5.74, 6) is 2.07. The van der Waals surface area contributed by atoms with Crippen LogP contribution in [0, 0.1) is 0 Å². The fourth-order valence-electron chi connectivity index (χ4n) is 2.29. The van der Waals surface area contributed by atoms with Crippen LogP contribution in [0.4, 0.5) is 0 Å². The maximum absolute atomic E-state index is 9.42. The Kier molecular flexibility index (Phi) is 4.14. The van der Waals surface area contributed by atoms with E-state index in [1.54, 1.807) is 12.1 Å². The summed E-state index contributed by atoms with van der Waals surface area (Å²) in [6, 6.07) is 15.9. The molecular formula is C16H17NO2S. The van der Waals surface area contributed by atoms with E-state index in [1.807, 2.05) is 23.9 Å². The van der Waals surface area contributed by atoms with Gasteiger partial charge in [-0.05, 0) is 24.3 Å². The number of hydrogen-bond acceptors (Lipinski definition) is 4. The summed E-state index contributed by atoms with van der Waals surface area (Å²) >= 11 is 1.84. The van der Waals surface area contributed by atoms with Crippen LogP contribution < -0.4 is 10.1 Å². The summed E-state index contributed by atoms with van der Waals surface area (Å²) in [6.07, 6.45) is 0. The molecule has 1 unspecified atom stereocenters. The van der Waals surface area contributed by atoms with Crippen molar-refractivity contribution in [1.29, 1.82) is 0 Å². The van der Waals surface area contributed by atoms with Gasteiger partial charge >= 0.3 is 0 Å². The Labute approximate surface area is 123 Å². The van der Waals surface area contributed by atoms with Crippen LogP contribution >= 0.6 is 11.8 Å². The average Bonchev–Trinajstić information content (AvgIpc) is 2.87. The zero-order chi connectivity index (χ0) is 13.8. The third-order valence-electron chi connectivity index (χ3n) is 3.28. The standard InChI is InChI=1S/C16H17NO2S/c18-12-6-7-14-15(11-19-16(14)10-12)17-8-9-20-13-4-2-1-3-5-13/h1-7,10,15,17-18H,8-9,11H2. The highest BCUT2D eigenvalue weighted by Gasteiger charge is 2.23. The van der Waals surface area contributed by atoms with Crippen molar-refractivity contribution in [2.75, 3.05) is 18.9 Å². The molecule has 1 heterocycles. The van der Waals surface area contributed by atoms with Gasteiger partial charge in [0.1, 0.15) is 18.1 Å². The van der Waals surface area contributed by atoms with Gasteiger partial charge in [-0.1, -0.05) is 18.2 Å². The third kappa shape index (κ3) is 3.08. The van der Waals surface area contributed by atoms with Gasteiger partial charge in [0.25, 0.3) is 0 Å². The van der Waals surface area contributed by atoms with E-state index in [9.17, 15) is 5.11 Å². The lowest BCUT2D eigenvalue weighted by molar-refractivity contribution is 0.312. The summed E-state index contributed by atoms with van der Waals surface area (Å²) < 4.78 is 5.58. The molecule has 3 nitrogen and oxygen atoms in total. The third-order valence-corrected chi connectivity index (χ3v) is 4.30. The molecular weight excluding hydrogens is 270 g/mol. The van der Waals surface area contributed by atoms with Crippen molar-refractivity contribution in [2.24, 2.45) is 0 Å². The molecule has 1 aliphatic rings. The van der Waals surface area contributed by atoms with Gasteiger partial charge in [0.2, 0.25) is 0 Å². The molecule has 0 radical (unpaired) electrons. The quantitative estimate of drug-likeness (QED) is 0.654. The Morgan fingerprint density at radius 2 is 2.05 bits per heavy atom. The number of nitrogens with one attached hydrogen (secondary N) is 1. The van der Waals surface area contributed by atoms with Crippen LogP contribution in [-0.2, 0) is 0 Å². The van der Waals surface area contributed by atoms with Crippen LogP contribution in [0.3, 0.4) is 0 Å². The molecule has 0 bridgehead atoms. The van der Waals surface area contributed by atoms with E-state index in [4.69, 9.17) is 4.74 Å². The molecule has 0 amide bonds. The Hall–Kier alpha value is -1.65. The highest BCUT2D eigenvalue weighted by atomic mass is 32.2. The van der Waals surface area contributed by atoms with Crippen molar-refractivity contribution in [3.63, 3.8) is 0 Å². The molecule has 0 aliphatic carbocycles. The SMILES string of the molecule is Oc1ccc2c(c1)OCC2NCCSc1ccccc1. The number of phenols is 1. The second-order valence-electron chi connectivity index (χ2n) is 4.70. The van der Waals surface area contributed by atoms with E-state index in [1.165, 1.54) is 4.90 Å². The van der Waals surface area contributed by atoms with Crippen LogP contribution in [0.25, 0.3) is 0 Å². The Morgan fingerprint density at radius 1 is 1.20 bits per heavy atom. The number of fused-ring (bicyclic) bond motifs is 1. The summed E-state index contributed by atoms with van der Waals surface area (Å²) in [7, 11) is 0. The molecule has 0 saturated carbocycles. The first-order valence-electron chi connectivity index (χ1n) is 6.70. The number of hydrogen-bond donors (Lipinski definition) is 2. The van der Waals surface area contributed by atoms with E-state index in [0.717, 1.165) is 23.6 Å². The monoisotopic (exact) mass is 287 g/mol. The molecule has 4 heteroatoms. The lowest BCUT2D eigenvalue weighted by atomic mass is 10.1. The zero-order valence-electron chi connectivity index (χ0n) is 11.1. The minimum Gasteiger partial charge on any atom is -0.508 e. The van der Waals surface area contributed by atoms with Gasteiger partial charge in [-0.15, -0.1) is 11.8 Å². The van der Waals surface area contributed by atoms with Crippen molar-refractivity contribution in [3.05, 3.63) is 54.1 Å². The Bertz CT molecular complexity index is 574. The van der Waals surface area contributed by atoms with Gasteiger partial charge < -0.3 is 15.2 Å². The van der Waals surface area contributed by atoms with E-state index in [0.29, 0.717) is 6.61 Å². The van der Waals surface area contributed by atoms with Crippen LogP contribution in [0.15, 0.2) is 53.4 Å². The molecule has 20 heavy (non-hydrogen) atoms. The minimum absolute atomic E-state index is 0.224. The van der Waals surface area contributed by atoms with E-state index < -0.39 is 0 Å². The summed E-state index contributed by atoms with van der Waals surface area (Å²) in [5.41, 5.74) is 1.13. The first kappa shape index (κ1) is 13.3. The number of benzene rings is 2. The van der Waals surface area contributed by atoms with Gasteiger partial charge in [-0.25, -0.2) is 0 Å². The number of thioether (sulfide) groups is 1. The molecule has 0 spiro atoms. The van der Waals surface area contributed by atoms with Crippen molar-refractivity contribution in [3.8, 4) is 11.5 Å². The predicted molar refractivity (Wildman–Crippen MR) is 81.5 cm³/mol. The van der Waals surface area contributed by atoms with Crippen LogP contribution in [0.2, 0.25) is 0 Å². The smallest absolute Gasteiger partial charge is 0.127 e. The molecule has 1 atom stereocenters. The molecule has 2 aromatic carbocycles. The maximum Gasteiger partial charge on any atom is 0.127 e. The first-order chi connectivity index (χ1) is 9.83. The number of rotatable bonds is 5. The molecule has 0 saturated heterocycles. The van der Waals surface area contributed by atoms with Gasteiger partial charge in [0.15, 0.2) is 0 Å². The van der Waals surface area contributed by atoms with E-state index >= 15 is 0 Å². The number of aromatic hydroxyl groups is 1. The first-order valence-corrected chi connectivity index (χ1v) is 7.68. The fourth-order valence-corrected chi connectivity index (χ4v) is 3.09. The molecule has 0 aromatic heterocycles. The molecule has 0 fully saturated rings. The molecule has 2 aromatic rings. The fraction of sp³-hybridized carbons (Fsp3) is 0.250. The minimum atomic E-state index is 0.224. The number of ether oxygens (including phenoxy) is 1. The summed E-state index contributed by atoms with van der Waals surface area (Å²) in [5, 5.41) is 12.9. The van der Waals surface area contributed by atoms with Crippen molar-refractivity contribution in [1.82, 2.24) is 5.32 Å². The largest absolute Gasteiger partial charge is 0.508 e. The van der Waals surface area contributed by atoms with Crippen LogP contribution in [0.5, 0.6) is 11.5 Å². The summed E-state index contributed by atoms with van der Waals surface area (Å²) in [6.45, 7) is 1.56. The second kappa shape index (κ2) is 6.20. The topological polar surface area (TPSA) is 41.5 Å². The highest BCUT2D eigenvalue weighted by Crippen LogP contribution is 2.34. The van der Waals surface area contributed by atoms with Crippen molar-refractivity contribution >= 4 is 11.8 Å². The van der Waals surface area contributed by atoms with Crippen molar-refractivity contribution in [2.45, 2.75) is 10.9 Å². The predicted octanol–water partition coefficient (Wildman–Crippen LogP) is 3.21.